The molecule has 20 heavy (non-hydrogen) atoms. The molecule has 1 N–H and O–H groups in total. The number of benzene rings is 1. The fourth-order valence-electron chi connectivity index (χ4n) is 3.62. The standard InChI is InChI=1S/C17H25NO2/c1-6-14(16(19)20)18-15-9-11(2)7-8-13(15)12(3)10-17(18,4)5/h7-9,12,14H,6,10H2,1-5H3,(H,19,20)/t12-,14-/m1/s1. The SMILES string of the molecule is CC[C@H](C(=O)O)N1c2cc(C)ccc2[C@H](C)CC1(C)C. The molecule has 0 saturated heterocycles. The lowest BCUT2D eigenvalue weighted by molar-refractivity contribution is -0.139. The number of hydrogen-bond donors (Lipinski definition) is 1. The van der Waals surface area contributed by atoms with Crippen LogP contribution in [0.2, 0.25) is 0 Å². The van der Waals surface area contributed by atoms with E-state index in [1.807, 2.05) is 6.92 Å². The zero-order chi connectivity index (χ0) is 15.1. The molecule has 0 radical (unpaired) electrons. The lowest BCUT2D eigenvalue weighted by Crippen LogP contribution is -2.56. The Kier molecular flexibility index (Phi) is 3.81. The Morgan fingerprint density at radius 2 is 2.15 bits per heavy atom. The highest BCUT2D eigenvalue weighted by molar-refractivity contribution is 5.80. The molecule has 2 rings (SSSR count). The van der Waals surface area contributed by atoms with Gasteiger partial charge in [-0.3, -0.25) is 0 Å². The summed E-state index contributed by atoms with van der Waals surface area (Å²) in [6.45, 7) is 10.5. The Morgan fingerprint density at radius 1 is 1.50 bits per heavy atom. The van der Waals surface area contributed by atoms with Crippen LogP contribution in [0.25, 0.3) is 0 Å². The van der Waals surface area contributed by atoms with Crippen molar-refractivity contribution in [2.24, 2.45) is 0 Å². The first-order valence-corrected chi connectivity index (χ1v) is 7.40. The normalized spacial score (nSPS) is 22.2. The Bertz CT molecular complexity index is 522. The van der Waals surface area contributed by atoms with Crippen molar-refractivity contribution in [3.05, 3.63) is 29.3 Å². The summed E-state index contributed by atoms with van der Waals surface area (Å²) in [6, 6.07) is 5.95. The molecule has 1 aromatic rings. The molecule has 0 amide bonds. The van der Waals surface area contributed by atoms with Crippen LogP contribution in [0.4, 0.5) is 5.69 Å². The van der Waals surface area contributed by atoms with E-state index in [2.05, 4.69) is 50.8 Å². The molecule has 0 spiro atoms. The molecule has 0 aliphatic carbocycles. The monoisotopic (exact) mass is 275 g/mol. The summed E-state index contributed by atoms with van der Waals surface area (Å²) in [5.74, 6) is -0.272. The molecule has 3 nitrogen and oxygen atoms in total. The summed E-state index contributed by atoms with van der Waals surface area (Å²) in [7, 11) is 0. The van der Waals surface area contributed by atoms with Crippen LogP contribution in [0, 0.1) is 6.92 Å². The molecule has 1 aliphatic heterocycles. The maximum atomic E-state index is 11.7. The van der Waals surface area contributed by atoms with Crippen molar-refractivity contribution in [2.45, 2.75) is 65.0 Å². The number of anilines is 1. The predicted molar refractivity (Wildman–Crippen MR) is 82.5 cm³/mol. The van der Waals surface area contributed by atoms with Gasteiger partial charge in [-0.25, -0.2) is 4.79 Å². The lowest BCUT2D eigenvalue weighted by atomic mass is 9.78. The third-order valence-electron chi connectivity index (χ3n) is 4.42. The molecule has 3 heteroatoms. The maximum absolute atomic E-state index is 11.7. The zero-order valence-corrected chi connectivity index (χ0v) is 13.1. The first-order valence-electron chi connectivity index (χ1n) is 7.40. The predicted octanol–water partition coefficient (Wildman–Crippen LogP) is 3.95. The van der Waals surface area contributed by atoms with E-state index >= 15 is 0 Å². The summed E-state index contributed by atoms with van der Waals surface area (Å²) in [5, 5.41) is 9.58. The fourth-order valence-corrected chi connectivity index (χ4v) is 3.62. The van der Waals surface area contributed by atoms with Gasteiger partial charge in [0.2, 0.25) is 0 Å². The van der Waals surface area contributed by atoms with E-state index in [0.717, 1.165) is 12.1 Å². The highest BCUT2D eigenvalue weighted by Gasteiger charge is 2.41. The van der Waals surface area contributed by atoms with E-state index in [1.54, 1.807) is 0 Å². The number of carbonyl (C=O) groups is 1. The number of rotatable bonds is 3. The van der Waals surface area contributed by atoms with Crippen molar-refractivity contribution in [2.75, 3.05) is 4.90 Å². The van der Waals surface area contributed by atoms with Crippen molar-refractivity contribution >= 4 is 11.7 Å². The van der Waals surface area contributed by atoms with Crippen molar-refractivity contribution < 1.29 is 9.90 Å². The first kappa shape index (κ1) is 14.9. The number of fused-ring (bicyclic) bond motifs is 1. The van der Waals surface area contributed by atoms with Crippen LogP contribution in [0.5, 0.6) is 0 Å². The van der Waals surface area contributed by atoms with Crippen LogP contribution in [0.3, 0.4) is 0 Å². The fraction of sp³-hybridized carbons (Fsp3) is 0.588. The van der Waals surface area contributed by atoms with Crippen LogP contribution in [-0.2, 0) is 4.79 Å². The van der Waals surface area contributed by atoms with Gasteiger partial charge in [0, 0.05) is 11.2 Å². The smallest absolute Gasteiger partial charge is 0.326 e. The molecule has 0 saturated carbocycles. The van der Waals surface area contributed by atoms with Gasteiger partial charge in [0.25, 0.3) is 0 Å². The van der Waals surface area contributed by atoms with Crippen LogP contribution >= 0.6 is 0 Å². The number of nitrogens with zero attached hydrogens (tertiary/aromatic N) is 1. The maximum Gasteiger partial charge on any atom is 0.326 e. The van der Waals surface area contributed by atoms with Gasteiger partial charge in [0.05, 0.1) is 0 Å². The second-order valence-corrected chi connectivity index (χ2v) is 6.61. The molecule has 2 atom stereocenters. The van der Waals surface area contributed by atoms with Gasteiger partial charge in [0.15, 0.2) is 0 Å². The topological polar surface area (TPSA) is 40.5 Å². The van der Waals surface area contributed by atoms with Crippen LogP contribution in [0.15, 0.2) is 18.2 Å². The Balaban J connectivity index is 2.61. The average molecular weight is 275 g/mol. The van der Waals surface area contributed by atoms with E-state index in [1.165, 1.54) is 11.1 Å². The van der Waals surface area contributed by atoms with E-state index in [-0.39, 0.29) is 5.54 Å². The van der Waals surface area contributed by atoms with Crippen LogP contribution in [-0.4, -0.2) is 22.7 Å². The minimum atomic E-state index is -0.734. The van der Waals surface area contributed by atoms with Crippen molar-refractivity contribution in [1.82, 2.24) is 0 Å². The highest BCUT2D eigenvalue weighted by Crippen LogP contribution is 2.45. The van der Waals surface area contributed by atoms with E-state index < -0.39 is 12.0 Å². The second-order valence-electron chi connectivity index (χ2n) is 6.61. The summed E-state index contributed by atoms with van der Waals surface area (Å²) in [4.78, 5) is 13.8. The van der Waals surface area contributed by atoms with Gasteiger partial charge in [-0.2, -0.15) is 0 Å². The summed E-state index contributed by atoms with van der Waals surface area (Å²) in [6.07, 6.45) is 1.59. The van der Waals surface area contributed by atoms with E-state index in [4.69, 9.17) is 0 Å². The number of carboxylic acid groups (broad SMARTS) is 1. The lowest BCUT2D eigenvalue weighted by Gasteiger charge is -2.50. The minimum Gasteiger partial charge on any atom is -0.480 e. The van der Waals surface area contributed by atoms with Gasteiger partial charge in [-0.1, -0.05) is 26.0 Å². The molecule has 1 heterocycles. The average Bonchev–Trinajstić information content (AvgIpc) is 2.32. The minimum absolute atomic E-state index is 0.140. The third-order valence-corrected chi connectivity index (χ3v) is 4.42. The van der Waals surface area contributed by atoms with Crippen LogP contribution < -0.4 is 4.90 Å². The van der Waals surface area contributed by atoms with Gasteiger partial charge in [-0.05, 0) is 56.7 Å². The molecule has 110 valence electrons. The van der Waals surface area contributed by atoms with Crippen LogP contribution in [0.1, 0.15) is 57.6 Å². The number of aliphatic carboxylic acids is 1. The summed E-state index contributed by atoms with van der Waals surface area (Å²) >= 11 is 0. The van der Waals surface area contributed by atoms with Gasteiger partial charge in [-0.15, -0.1) is 0 Å². The summed E-state index contributed by atoms with van der Waals surface area (Å²) < 4.78 is 0. The molecule has 0 fully saturated rings. The molecular formula is C17H25NO2. The number of aryl methyl sites for hydroxylation is 1. The van der Waals surface area contributed by atoms with Crippen molar-refractivity contribution in [3.63, 3.8) is 0 Å². The Morgan fingerprint density at radius 3 is 2.70 bits per heavy atom. The Labute approximate surface area is 121 Å². The number of hydrogen-bond acceptors (Lipinski definition) is 2. The molecular weight excluding hydrogens is 250 g/mol. The van der Waals surface area contributed by atoms with Gasteiger partial charge >= 0.3 is 5.97 Å². The summed E-state index contributed by atoms with van der Waals surface area (Å²) in [5.41, 5.74) is 3.41. The highest BCUT2D eigenvalue weighted by atomic mass is 16.4. The van der Waals surface area contributed by atoms with Crippen molar-refractivity contribution in [1.29, 1.82) is 0 Å². The number of carboxylic acids is 1. The molecule has 0 aromatic heterocycles. The second kappa shape index (κ2) is 5.12. The van der Waals surface area contributed by atoms with Gasteiger partial charge in [0.1, 0.15) is 6.04 Å². The first-order chi connectivity index (χ1) is 9.27. The molecule has 0 unspecified atom stereocenters. The Hall–Kier alpha value is -1.51. The molecule has 0 bridgehead atoms. The van der Waals surface area contributed by atoms with Crippen molar-refractivity contribution in [3.8, 4) is 0 Å². The third kappa shape index (κ3) is 2.41. The quantitative estimate of drug-likeness (QED) is 0.908. The van der Waals surface area contributed by atoms with E-state index in [9.17, 15) is 9.90 Å². The molecule has 1 aromatic carbocycles. The van der Waals surface area contributed by atoms with Gasteiger partial charge < -0.3 is 10.0 Å². The molecule has 1 aliphatic rings. The zero-order valence-electron chi connectivity index (χ0n) is 13.1. The van der Waals surface area contributed by atoms with E-state index in [0.29, 0.717) is 12.3 Å². The largest absolute Gasteiger partial charge is 0.480 e.